The minimum Gasteiger partial charge on any atom is -0.507 e. The van der Waals surface area contributed by atoms with Gasteiger partial charge in [-0.15, -0.1) is 0 Å². The molecule has 1 aliphatic heterocycles. The molecular weight excluding hydrogens is 484 g/mol. The Morgan fingerprint density at radius 2 is 1.55 bits per heavy atom. The molecule has 0 aliphatic carbocycles. The van der Waals surface area contributed by atoms with Gasteiger partial charge in [0.1, 0.15) is 22.7 Å². The lowest BCUT2D eigenvalue weighted by Crippen LogP contribution is -2.50. The van der Waals surface area contributed by atoms with Crippen LogP contribution in [0.3, 0.4) is 0 Å². The fraction of sp³-hybridized carbons (Fsp3) is 0.333. The van der Waals surface area contributed by atoms with Gasteiger partial charge < -0.3 is 23.9 Å². The van der Waals surface area contributed by atoms with E-state index < -0.39 is 12.0 Å². The second-order valence-corrected chi connectivity index (χ2v) is 9.30. The molecular formula is C30H32N2O6. The number of benzene rings is 3. The number of aromatic hydroxyl groups is 1. The highest BCUT2D eigenvalue weighted by Gasteiger charge is 2.35. The Balaban J connectivity index is 1.74. The third-order valence-electron chi connectivity index (χ3n) is 7.11. The van der Waals surface area contributed by atoms with Gasteiger partial charge in [0.05, 0.1) is 19.3 Å². The van der Waals surface area contributed by atoms with E-state index >= 15 is 0 Å². The Morgan fingerprint density at radius 3 is 2.21 bits per heavy atom. The molecule has 8 nitrogen and oxygen atoms in total. The van der Waals surface area contributed by atoms with E-state index in [-0.39, 0.29) is 18.4 Å². The summed E-state index contributed by atoms with van der Waals surface area (Å²) in [6.07, 6.45) is -0.325. The average Bonchev–Trinajstić information content (AvgIpc) is 3.29. The van der Waals surface area contributed by atoms with Crippen LogP contribution in [0.2, 0.25) is 0 Å². The number of carbonyl (C=O) groups is 2. The van der Waals surface area contributed by atoms with Crippen molar-refractivity contribution < 1.29 is 28.6 Å². The molecule has 2 heterocycles. The van der Waals surface area contributed by atoms with Crippen LogP contribution in [-0.4, -0.2) is 66.4 Å². The number of phenols is 1. The monoisotopic (exact) mass is 516 g/mol. The normalized spacial score (nSPS) is 15.1. The van der Waals surface area contributed by atoms with Crippen LogP contribution in [0.15, 0.2) is 59.0 Å². The highest BCUT2D eigenvalue weighted by atomic mass is 16.6. The number of esters is 1. The molecule has 1 unspecified atom stereocenters. The number of fused-ring (bicyclic) bond motifs is 3. The van der Waals surface area contributed by atoms with E-state index in [1.54, 1.807) is 25.7 Å². The summed E-state index contributed by atoms with van der Waals surface area (Å²) in [6.45, 7) is 7.92. The number of ether oxygens (including phenoxy) is 2. The topological polar surface area (TPSA) is 92.5 Å². The summed E-state index contributed by atoms with van der Waals surface area (Å²) in [4.78, 5) is 29.5. The van der Waals surface area contributed by atoms with E-state index in [0.717, 1.165) is 10.9 Å². The maximum absolute atomic E-state index is 13.2. The Labute approximate surface area is 221 Å². The molecule has 1 saturated heterocycles. The number of amides is 1. The van der Waals surface area contributed by atoms with Crippen LogP contribution in [0.25, 0.3) is 21.7 Å². The van der Waals surface area contributed by atoms with Gasteiger partial charge in [-0.1, -0.05) is 54.6 Å². The maximum Gasteiger partial charge on any atom is 0.409 e. The van der Waals surface area contributed by atoms with Crippen molar-refractivity contribution >= 4 is 33.8 Å². The van der Waals surface area contributed by atoms with Gasteiger partial charge >= 0.3 is 12.1 Å². The lowest BCUT2D eigenvalue weighted by Gasteiger charge is -2.39. The minimum absolute atomic E-state index is 0.0983. The van der Waals surface area contributed by atoms with Crippen molar-refractivity contribution in [1.82, 2.24) is 9.80 Å². The summed E-state index contributed by atoms with van der Waals surface area (Å²) >= 11 is 0. The van der Waals surface area contributed by atoms with Crippen LogP contribution < -0.4 is 0 Å². The highest BCUT2D eigenvalue weighted by Crippen LogP contribution is 2.47. The Kier molecular flexibility index (Phi) is 7.24. The first-order chi connectivity index (χ1) is 18.5. The fourth-order valence-electron chi connectivity index (χ4n) is 5.43. The molecule has 3 aromatic carbocycles. The molecule has 38 heavy (non-hydrogen) atoms. The lowest BCUT2D eigenvalue weighted by atomic mass is 9.88. The highest BCUT2D eigenvalue weighted by molar-refractivity contribution is 6.16. The van der Waals surface area contributed by atoms with Crippen LogP contribution in [0.1, 0.15) is 47.1 Å². The van der Waals surface area contributed by atoms with Crippen molar-refractivity contribution in [2.75, 3.05) is 39.4 Å². The largest absolute Gasteiger partial charge is 0.507 e. The van der Waals surface area contributed by atoms with Gasteiger partial charge in [0, 0.05) is 47.9 Å². The first kappa shape index (κ1) is 25.6. The zero-order valence-corrected chi connectivity index (χ0v) is 21.9. The molecule has 1 aromatic heterocycles. The van der Waals surface area contributed by atoms with E-state index in [2.05, 4.69) is 4.90 Å². The zero-order chi connectivity index (χ0) is 26.8. The molecule has 1 atom stereocenters. The summed E-state index contributed by atoms with van der Waals surface area (Å²) in [6, 6.07) is 17.0. The maximum atomic E-state index is 13.2. The van der Waals surface area contributed by atoms with Crippen LogP contribution in [0.5, 0.6) is 5.75 Å². The molecule has 198 valence electrons. The van der Waals surface area contributed by atoms with E-state index in [0.29, 0.717) is 66.0 Å². The molecule has 1 aliphatic rings. The van der Waals surface area contributed by atoms with E-state index in [9.17, 15) is 14.7 Å². The predicted octanol–water partition coefficient (Wildman–Crippen LogP) is 5.64. The molecule has 0 spiro atoms. The SMILES string of the molecule is CCOC(=O)c1c(C)oc2c1c(C(c1ccccc1)N1CCN(C(=O)OCC)CC1)c(O)c1ccccc12. The predicted molar refractivity (Wildman–Crippen MR) is 145 cm³/mol. The summed E-state index contributed by atoms with van der Waals surface area (Å²) < 4.78 is 16.9. The first-order valence-electron chi connectivity index (χ1n) is 13.0. The summed E-state index contributed by atoms with van der Waals surface area (Å²) in [7, 11) is 0. The van der Waals surface area contributed by atoms with Crippen molar-refractivity contribution in [3.8, 4) is 5.75 Å². The lowest BCUT2D eigenvalue weighted by molar-refractivity contribution is 0.0525. The van der Waals surface area contributed by atoms with Gasteiger partial charge in [0.25, 0.3) is 0 Å². The molecule has 1 N–H and O–H groups in total. The van der Waals surface area contributed by atoms with E-state index in [1.807, 2.05) is 54.6 Å². The second-order valence-electron chi connectivity index (χ2n) is 9.30. The van der Waals surface area contributed by atoms with E-state index in [1.165, 1.54) is 0 Å². The fourth-order valence-corrected chi connectivity index (χ4v) is 5.43. The van der Waals surface area contributed by atoms with Crippen molar-refractivity contribution in [3.05, 3.63) is 77.0 Å². The quantitative estimate of drug-likeness (QED) is 0.332. The third-order valence-corrected chi connectivity index (χ3v) is 7.11. The number of nitrogens with zero attached hydrogens (tertiary/aromatic N) is 2. The summed E-state index contributed by atoms with van der Waals surface area (Å²) in [5.74, 6) is 0.0501. The number of carbonyl (C=O) groups excluding carboxylic acids is 2. The number of hydrogen-bond acceptors (Lipinski definition) is 7. The summed E-state index contributed by atoms with van der Waals surface area (Å²) in [5, 5.41) is 13.8. The number of furan rings is 1. The third kappa shape index (κ3) is 4.45. The average molecular weight is 517 g/mol. The molecule has 0 bridgehead atoms. The molecule has 0 saturated carbocycles. The zero-order valence-electron chi connectivity index (χ0n) is 21.9. The number of aryl methyl sites for hydroxylation is 1. The van der Waals surface area contributed by atoms with Crippen LogP contribution in [-0.2, 0) is 9.47 Å². The van der Waals surface area contributed by atoms with Crippen LogP contribution in [0, 0.1) is 6.92 Å². The number of piperazine rings is 1. The number of hydrogen-bond donors (Lipinski definition) is 1. The van der Waals surface area contributed by atoms with Gasteiger partial charge in [-0.25, -0.2) is 9.59 Å². The molecule has 4 aromatic rings. The molecule has 8 heteroatoms. The molecule has 1 fully saturated rings. The van der Waals surface area contributed by atoms with Crippen molar-refractivity contribution in [3.63, 3.8) is 0 Å². The van der Waals surface area contributed by atoms with Gasteiger partial charge in [-0.2, -0.15) is 0 Å². The summed E-state index contributed by atoms with van der Waals surface area (Å²) in [5.41, 5.74) is 2.41. The second kappa shape index (κ2) is 10.8. The van der Waals surface area contributed by atoms with Crippen molar-refractivity contribution in [2.24, 2.45) is 0 Å². The minimum atomic E-state index is -0.487. The Morgan fingerprint density at radius 1 is 0.921 bits per heavy atom. The van der Waals surface area contributed by atoms with Gasteiger partial charge in [-0.3, -0.25) is 4.90 Å². The van der Waals surface area contributed by atoms with Crippen LogP contribution in [0.4, 0.5) is 4.79 Å². The van der Waals surface area contributed by atoms with Crippen LogP contribution >= 0.6 is 0 Å². The molecule has 1 amide bonds. The van der Waals surface area contributed by atoms with Gasteiger partial charge in [-0.05, 0) is 26.3 Å². The number of phenolic OH excluding ortho intramolecular Hbond substituents is 1. The Bertz CT molecular complexity index is 1470. The molecule has 5 rings (SSSR count). The van der Waals surface area contributed by atoms with Gasteiger partial charge in [0.15, 0.2) is 0 Å². The van der Waals surface area contributed by atoms with Crippen molar-refractivity contribution in [2.45, 2.75) is 26.8 Å². The van der Waals surface area contributed by atoms with Crippen molar-refractivity contribution in [1.29, 1.82) is 0 Å². The smallest absolute Gasteiger partial charge is 0.409 e. The molecule has 0 radical (unpaired) electrons. The first-order valence-corrected chi connectivity index (χ1v) is 13.0. The number of rotatable bonds is 6. The standard InChI is InChI=1S/C30H32N2O6/c1-4-36-29(34)23-19(3)38-28-22-14-10-9-13-21(22)27(33)25(24(23)28)26(20-11-7-6-8-12-20)31-15-17-32(18-16-31)30(35)37-5-2/h6-14,26,33H,4-5,15-18H2,1-3H3. The van der Waals surface area contributed by atoms with Gasteiger partial charge in [0.2, 0.25) is 0 Å². The van der Waals surface area contributed by atoms with E-state index in [4.69, 9.17) is 13.9 Å². The Hall–Kier alpha value is -4.04.